The molecule has 1 aliphatic carbocycles. The molecule has 0 unspecified atom stereocenters. The number of hydrogen-bond acceptors (Lipinski definition) is 4. The summed E-state index contributed by atoms with van der Waals surface area (Å²) < 4.78 is 26.2. The second kappa shape index (κ2) is 7.55. The van der Waals surface area contributed by atoms with Gasteiger partial charge in [-0.1, -0.05) is 25.0 Å². The van der Waals surface area contributed by atoms with Crippen molar-refractivity contribution in [2.45, 2.75) is 75.0 Å². The maximum Gasteiger partial charge on any atom is 0.244 e. The highest BCUT2D eigenvalue weighted by atomic mass is 32.2. The van der Waals surface area contributed by atoms with Crippen LogP contribution >= 0.6 is 0 Å². The molecule has 1 aromatic carbocycles. The van der Waals surface area contributed by atoms with Crippen LogP contribution in [0.5, 0.6) is 0 Å². The molecule has 2 atom stereocenters. The van der Waals surface area contributed by atoms with Crippen LogP contribution in [0, 0.1) is 19.8 Å². The molecule has 27 heavy (non-hydrogen) atoms. The lowest BCUT2D eigenvalue weighted by Gasteiger charge is -2.39. The number of likely N-dealkylation sites (tertiary alicyclic amines) is 1. The third kappa shape index (κ3) is 3.54. The molecule has 0 bridgehead atoms. The van der Waals surface area contributed by atoms with Gasteiger partial charge < -0.3 is 10.6 Å². The lowest BCUT2D eigenvalue weighted by Crippen LogP contribution is -2.56. The average molecular weight is 393 g/mol. The normalized spacial score (nSPS) is 24.0. The summed E-state index contributed by atoms with van der Waals surface area (Å²) in [6.45, 7) is 6.87. The maximum atomic E-state index is 13.8. The van der Waals surface area contributed by atoms with Gasteiger partial charge in [-0.05, 0) is 69.6 Å². The summed E-state index contributed by atoms with van der Waals surface area (Å²) in [5.41, 5.74) is 7.69. The van der Waals surface area contributed by atoms with Gasteiger partial charge in [0, 0.05) is 19.1 Å². The summed E-state index contributed by atoms with van der Waals surface area (Å²) in [6, 6.07) is 5.48. The number of carbonyl (C=O) groups is 1. The molecule has 1 saturated carbocycles. The quantitative estimate of drug-likeness (QED) is 0.854. The number of carbonyl (C=O) groups excluding carboxylic acids is 1. The summed E-state index contributed by atoms with van der Waals surface area (Å²) in [4.78, 5) is 15.7. The van der Waals surface area contributed by atoms with E-state index >= 15 is 0 Å². The van der Waals surface area contributed by atoms with E-state index in [2.05, 4.69) is 0 Å². The third-order valence-corrected chi connectivity index (χ3v) is 9.07. The van der Waals surface area contributed by atoms with Crippen molar-refractivity contribution in [1.82, 2.24) is 4.90 Å². The molecular formula is C21H32N2O3S. The van der Waals surface area contributed by atoms with Crippen molar-refractivity contribution in [3.05, 3.63) is 29.3 Å². The Hall–Kier alpha value is -1.40. The summed E-state index contributed by atoms with van der Waals surface area (Å²) in [5.74, 6) is 0.0378. The number of rotatable bonds is 4. The molecule has 1 saturated heterocycles. The second-order valence-corrected chi connectivity index (χ2v) is 10.7. The van der Waals surface area contributed by atoms with Gasteiger partial charge in [0.2, 0.25) is 5.91 Å². The SMILES string of the molecule is Cc1ccc(C)c(S(=O)(=O)C2(C(=O)N3CCC[C@H]([C@@H](C)N)C3)CCCC2)c1. The van der Waals surface area contributed by atoms with E-state index < -0.39 is 14.6 Å². The first-order chi connectivity index (χ1) is 12.7. The highest BCUT2D eigenvalue weighted by Crippen LogP contribution is 2.43. The van der Waals surface area contributed by atoms with Crippen molar-refractivity contribution in [3.8, 4) is 0 Å². The first-order valence-corrected chi connectivity index (χ1v) is 11.5. The number of hydrogen-bond donors (Lipinski definition) is 1. The highest BCUT2D eigenvalue weighted by molar-refractivity contribution is 7.93. The van der Waals surface area contributed by atoms with Crippen LogP contribution in [0.1, 0.15) is 56.6 Å². The molecule has 2 aliphatic rings. The van der Waals surface area contributed by atoms with Gasteiger partial charge in [-0.25, -0.2) is 8.42 Å². The van der Waals surface area contributed by atoms with Crippen LogP contribution in [-0.2, 0) is 14.6 Å². The number of sulfone groups is 1. The minimum absolute atomic E-state index is 0.00996. The van der Waals surface area contributed by atoms with Gasteiger partial charge in [0.15, 0.2) is 14.6 Å². The topological polar surface area (TPSA) is 80.5 Å². The minimum atomic E-state index is -3.76. The van der Waals surface area contributed by atoms with Gasteiger partial charge in [-0.3, -0.25) is 4.79 Å². The molecular weight excluding hydrogens is 360 g/mol. The van der Waals surface area contributed by atoms with E-state index in [4.69, 9.17) is 5.73 Å². The predicted molar refractivity (Wildman–Crippen MR) is 107 cm³/mol. The van der Waals surface area contributed by atoms with E-state index in [9.17, 15) is 13.2 Å². The molecule has 2 N–H and O–H groups in total. The van der Waals surface area contributed by atoms with E-state index in [0.29, 0.717) is 36.4 Å². The Morgan fingerprint density at radius 1 is 1.22 bits per heavy atom. The number of amides is 1. The van der Waals surface area contributed by atoms with Crippen molar-refractivity contribution in [2.75, 3.05) is 13.1 Å². The summed E-state index contributed by atoms with van der Waals surface area (Å²) in [7, 11) is -3.76. The second-order valence-electron chi connectivity index (χ2n) is 8.49. The zero-order valence-electron chi connectivity index (χ0n) is 16.7. The zero-order valence-corrected chi connectivity index (χ0v) is 17.5. The molecule has 5 nitrogen and oxygen atoms in total. The van der Waals surface area contributed by atoms with Crippen LogP contribution in [0.4, 0.5) is 0 Å². The molecule has 150 valence electrons. The molecule has 0 radical (unpaired) electrons. The zero-order chi connectivity index (χ0) is 19.8. The fourth-order valence-corrected chi connectivity index (χ4v) is 7.10. The number of piperidine rings is 1. The minimum Gasteiger partial charge on any atom is -0.341 e. The fraction of sp³-hybridized carbons (Fsp3) is 0.667. The van der Waals surface area contributed by atoms with E-state index in [1.807, 2.05) is 32.9 Å². The van der Waals surface area contributed by atoms with Gasteiger partial charge >= 0.3 is 0 Å². The van der Waals surface area contributed by atoms with Crippen LogP contribution in [-0.4, -0.2) is 43.1 Å². The molecule has 1 aliphatic heterocycles. The Bertz CT molecular complexity index is 811. The molecule has 2 fully saturated rings. The number of nitrogens with two attached hydrogens (primary N) is 1. The van der Waals surface area contributed by atoms with E-state index in [1.54, 1.807) is 11.0 Å². The van der Waals surface area contributed by atoms with Crippen molar-refractivity contribution >= 4 is 15.7 Å². The van der Waals surface area contributed by atoms with Crippen LogP contribution in [0.25, 0.3) is 0 Å². The van der Waals surface area contributed by atoms with Crippen molar-refractivity contribution in [3.63, 3.8) is 0 Å². The van der Waals surface area contributed by atoms with Crippen molar-refractivity contribution in [1.29, 1.82) is 0 Å². The van der Waals surface area contributed by atoms with E-state index in [-0.39, 0.29) is 17.9 Å². The summed E-state index contributed by atoms with van der Waals surface area (Å²) in [6.07, 6.45) is 4.28. The number of nitrogens with zero attached hydrogens (tertiary/aromatic N) is 1. The van der Waals surface area contributed by atoms with Gasteiger partial charge in [0.25, 0.3) is 0 Å². The fourth-order valence-electron chi connectivity index (χ4n) is 4.66. The Morgan fingerprint density at radius 2 is 1.89 bits per heavy atom. The Balaban J connectivity index is 2.00. The molecule has 0 aromatic heterocycles. The maximum absolute atomic E-state index is 13.8. The highest BCUT2D eigenvalue weighted by Gasteiger charge is 2.55. The van der Waals surface area contributed by atoms with Crippen LogP contribution in [0.2, 0.25) is 0 Å². The third-order valence-electron chi connectivity index (χ3n) is 6.44. The molecule has 6 heteroatoms. The Morgan fingerprint density at radius 3 is 2.52 bits per heavy atom. The molecule has 1 amide bonds. The average Bonchev–Trinajstić information content (AvgIpc) is 3.14. The first-order valence-electron chi connectivity index (χ1n) is 10.1. The lowest BCUT2D eigenvalue weighted by atomic mass is 9.91. The van der Waals surface area contributed by atoms with E-state index in [0.717, 1.165) is 31.2 Å². The van der Waals surface area contributed by atoms with Crippen molar-refractivity contribution < 1.29 is 13.2 Å². The van der Waals surface area contributed by atoms with Crippen LogP contribution in [0.3, 0.4) is 0 Å². The first kappa shape index (κ1) is 20.3. The number of aryl methyl sites for hydroxylation is 2. The number of benzene rings is 1. The predicted octanol–water partition coefficient (Wildman–Crippen LogP) is 2.98. The smallest absolute Gasteiger partial charge is 0.244 e. The molecule has 1 aromatic rings. The summed E-state index contributed by atoms with van der Waals surface area (Å²) >= 11 is 0. The molecule has 3 rings (SSSR count). The largest absolute Gasteiger partial charge is 0.341 e. The van der Waals surface area contributed by atoms with Crippen LogP contribution < -0.4 is 5.73 Å². The van der Waals surface area contributed by atoms with Gasteiger partial charge in [-0.2, -0.15) is 0 Å². The Labute approximate surface area is 163 Å². The van der Waals surface area contributed by atoms with Crippen LogP contribution in [0.15, 0.2) is 23.1 Å². The van der Waals surface area contributed by atoms with Crippen molar-refractivity contribution in [2.24, 2.45) is 11.7 Å². The van der Waals surface area contributed by atoms with Gasteiger partial charge in [0.05, 0.1) is 4.90 Å². The van der Waals surface area contributed by atoms with Gasteiger partial charge in [0.1, 0.15) is 0 Å². The van der Waals surface area contributed by atoms with Gasteiger partial charge in [-0.15, -0.1) is 0 Å². The monoisotopic (exact) mass is 392 g/mol. The Kier molecular flexibility index (Phi) is 5.69. The summed E-state index contributed by atoms with van der Waals surface area (Å²) in [5, 5.41) is 0. The molecule has 1 heterocycles. The lowest BCUT2D eigenvalue weighted by molar-refractivity contribution is -0.135. The standard InChI is InChI=1S/C21H32N2O3S/c1-15-8-9-16(2)19(13-15)27(25,26)21(10-4-5-11-21)20(24)23-12-6-7-18(14-23)17(3)22/h8-9,13,17-18H,4-7,10-12,14,22H2,1-3H3/t17-,18+/m1/s1. The van der Waals surface area contributed by atoms with E-state index in [1.165, 1.54) is 0 Å². The molecule has 0 spiro atoms.